The summed E-state index contributed by atoms with van der Waals surface area (Å²) in [6.45, 7) is 4.88. The Morgan fingerprint density at radius 1 is 1.50 bits per heavy atom. The molecular weight excluding hydrogens is 178 g/mol. The molecule has 1 aliphatic rings. The Labute approximate surface area is 86.4 Å². The molecule has 1 fully saturated rings. The summed E-state index contributed by atoms with van der Waals surface area (Å²) in [6, 6.07) is 0. The van der Waals surface area contributed by atoms with Gasteiger partial charge in [0.15, 0.2) is 0 Å². The summed E-state index contributed by atoms with van der Waals surface area (Å²) in [7, 11) is 3.94. The molecule has 1 heterocycles. The zero-order chi connectivity index (χ0) is 10.8. The fourth-order valence-corrected chi connectivity index (χ4v) is 2.08. The Morgan fingerprint density at radius 2 is 2.14 bits per heavy atom. The standard InChI is InChI=1S/C11H21NO2/c1-5-10(2)8-11(9-13,12(3)4)6-7-14-10/h9H,5-8H2,1-4H3. The van der Waals surface area contributed by atoms with Crippen LogP contribution in [0.5, 0.6) is 0 Å². The van der Waals surface area contributed by atoms with Gasteiger partial charge in [-0.15, -0.1) is 0 Å². The van der Waals surface area contributed by atoms with Crippen LogP contribution in [-0.4, -0.2) is 43.0 Å². The van der Waals surface area contributed by atoms with E-state index in [0.717, 1.165) is 25.5 Å². The number of nitrogens with zero attached hydrogens (tertiary/aromatic N) is 1. The van der Waals surface area contributed by atoms with Gasteiger partial charge in [0.1, 0.15) is 6.29 Å². The van der Waals surface area contributed by atoms with Crippen LogP contribution < -0.4 is 0 Å². The Morgan fingerprint density at radius 3 is 2.57 bits per heavy atom. The fourth-order valence-electron chi connectivity index (χ4n) is 2.08. The predicted molar refractivity (Wildman–Crippen MR) is 56.4 cm³/mol. The first-order valence-corrected chi connectivity index (χ1v) is 5.26. The molecule has 1 saturated heterocycles. The van der Waals surface area contributed by atoms with E-state index in [4.69, 9.17) is 4.74 Å². The molecule has 2 unspecified atom stereocenters. The van der Waals surface area contributed by atoms with E-state index in [9.17, 15) is 4.79 Å². The number of carbonyl (C=O) groups excluding carboxylic acids is 1. The summed E-state index contributed by atoms with van der Waals surface area (Å²) < 4.78 is 5.74. The lowest BCUT2D eigenvalue weighted by Crippen LogP contribution is -2.55. The molecule has 0 spiro atoms. The molecule has 1 aliphatic heterocycles. The number of rotatable bonds is 3. The van der Waals surface area contributed by atoms with Crippen molar-refractivity contribution in [3.05, 3.63) is 0 Å². The first kappa shape index (κ1) is 11.7. The summed E-state index contributed by atoms with van der Waals surface area (Å²) >= 11 is 0. The third-order valence-corrected chi connectivity index (χ3v) is 3.52. The largest absolute Gasteiger partial charge is 0.375 e. The van der Waals surface area contributed by atoms with Crippen LogP contribution in [0.3, 0.4) is 0 Å². The number of likely N-dealkylation sites (N-methyl/N-ethyl adjacent to an activating group) is 1. The molecule has 1 rings (SSSR count). The van der Waals surface area contributed by atoms with Gasteiger partial charge in [-0.25, -0.2) is 0 Å². The Kier molecular flexibility index (Phi) is 3.32. The third kappa shape index (κ3) is 1.98. The quantitative estimate of drug-likeness (QED) is 0.645. The second-order valence-corrected chi connectivity index (χ2v) is 4.69. The van der Waals surface area contributed by atoms with Gasteiger partial charge in [0.25, 0.3) is 0 Å². The summed E-state index contributed by atoms with van der Waals surface area (Å²) in [6.07, 6.45) is 3.64. The van der Waals surface area contributed by atoms with Crippen LogP contribution >= 0.6 is 0 Å². The van der Waals surface area contributed by atoms with Gasteiger partial charge >= 0.3 is 0 Å². The number of hydrogen-bond donors (Lipinski definition) is 0. The van der Waals surface area contributed by atoms with Crippen molar-refractivity contribution in [3.63, 3.8) is 0 Å². The van der Waals surface area contributed by atoms with Crippen LogP contribution in [0.2, 0.25) is 0 Å². The number of hydrogen-bond acceptors (Lipinski definition) is 3. The van der Waals surface area contributed by atoms with Gasteiger partial charge in [-0.05, 0) is 33.9 Å². The molecule has 82 valence electrons. The molecular formula is C11H21NO2. The van der Waals surface area contributed by atoms with Crippen LogP contribution in [0.1, 0.15) is 33.1 Å². The second-order valence-electron chi connectivity index (χ2n) is 4.69. The average molecular weight is 199 g/mol. The van der Waals surface area contributed by atoms with Gasteiger partial charge in [0.05, 0.1) is 11.1 Å². The molecule has 14 heavy (non-hydrogen) atoms. The fraction of sp³-hybridized carbons (Fsp3) is 0.909. The van der Waals surface area contributed by atoms with Gasteiger partial charge in [0.2, 0.25) is 0 Å². The van der Waals surface area contributed by atoms with Crippen LogP contribution in [-0.2, 0) is 9.53 Å². The Bertz CT molecular complexity index is 217. The Balaban J connectivity index is 2.84. The first-order valence-electron chi connectivity index (χ1n) is 5.26. The smallest absolute Gasteiger partial charge is 0.140 e. The summed E-state index contributed by atoms with van der Waals surface area (Å²) in [5.74, 6) is 0. The van der Waals surface area contributed by atoms with Crippen LogP contribution in [0, 0.1) is 0 Å². The molecule has 0 bridgehead atoms. The van der Waals surface area contributed by atoms with Crippen molar-refractivity contribution < 1.29 is 9.53 Å². The SMILES string of the molecule is CCC1(C)CC(C=O)(N(C)C)CCO1. The molecule has 3 heteroatoms. The van der Waals surface area contributed by atoms with Gasteiger partial charge in [-0.3, -0.25) is 4.90 Å². The molecule has 0 N–H and O–H groups in total. The highest BCUT2D eigenvalue weighted by molar-refractivity contribution is 5.64. The molecule has 0 aromatic carbocycles. The molecule has 0 aliphatic carbocycles. The summed E-state index contributed by atoms with van der Waals surface area (Å²) in [5, 5.41) is 0. The molecule has 0 aromatic rings. The third-order valence-electron chi connectivity index (χ3n) is 3.52. The van der Waals surface area contributed by atoms with Gasteiger partial charge in [-0.1, -0.05) is 6.92 Å². The number of aldehydes is 1. The normalized spacial score (nSPS) is 38.6. The van der Waals surface area contributed by atoms with Crippen molar-refractivity contribution in [3.8, 4) is 0 Å². The molecule has 0 aromatic heterocycles. The van der Waals surface area contributed by atoms with Crippen LogP contribution in [0.15, 0.2) is 0 Å². The molecule has 0 saturated carbocycles. The average Bonchev–Trinajstić information content (AvgIpc) is 2.17. The molecule has 2 atom stereocenters. The lowest BCUT2D eigenvalue weighted by Gasteiger charge is -2.46. The van der Waals surface area contributed by atoms with Crippen LogP contribution in [0.25, 0.3) is 0 Å². The van der Waals surface area contributed by atoms with E-state index in [1.54, 1.807) is 0 Å². The lowest BCUT2D eigenvalue weighted by molar-refractivity contribution is -0.143. The first-order chi connectivity index (χ1) is 6.48. The van der Waals surface area contributed by atoms with Crippen molar-refractivity contribution in [1.29, 1.82) is 0 Å². The minimum absolute atomic E-state index is 0.135. The topological polar surface area (TPSA) is 29.5 Å². The summed E-state index contributed by atoms with van der Waals surface area (Å²) in [5.41, 5.74) is -0.452. The van der Waals surface area contributed by atoms with E-state index >= 15 is 0 Å². The van der Waals surface area contributed by atoms with E-state index in [-0.39, 0.29) is 11.1 Å². The van der Waals surface area contributed by atoms with Gasteiger partial charge < -0.3 is 9.53 Å². The van der Waals surface area contributed by atoms with Crippen molar-refractivity contribution in [2.24, 2.45) is 0 Å². The van der Waals surface area contributed by atoms with E-state index in [1.165, 1.54) is 0 Å². The minimum atomic E-state index is -0.316. The van der Waals surface area contributed by atoms with Crippen molar-refractivity contribution in [1.82, 2.24) is 4.90 Å². The van der Waals surface area contributed by atoms with Crippen LogP contribution in [0.4, 0.5) is 0 Å². The summed E-state index contributed by atoms with van der Waals surface area (Å²) in [4.78, 5) is 13.3. The monoisotopic (exact) mass is 199 g/mol. The number of ether oxygens (including phenoxy) is 1. The highest BCUT2D eigenvalue weighted by Crippen LogP contribution is 2.35. The highest BCUT2D eigenvalue weighted by Gasteiger charge is 2.43. The zero-order valence-electron chi connectivity index (χ0n) is 9.67. The van der Waals surface area contributed by atoms with E-state index < -0.39 is 0 Å². The molecule has 0 radical (unpaired) electrons. The maximum atomic E-state index is 11.2. The number of carbonyl (C=O) groups is 1. The Hall–Kier alpha value is -0.410. The van der Waals surface area contributed by atoms with Gasteiger partial charge in [-0.2, -0.15) is 0 Å². The molecule has 3 nitrogen and oxygen atoms in total. The maximum absolute atomic E-state index is 11.2. The van der Waals surface area contributed by atoms with Gasteiger partial charge in [0, 0.05) is 13.0 Å². The lowest BCUT2D eigenvalue weighted by atomic mass is 9.79. The maximum Gasteiger partial charge on any atom is 0.140 e. The predicted octanol–water partition coefficient (Wildman–Crippen LogP) is 1.46. The molecule has 0 amide bonds. The van der Waals surface area contributed by atoms with Crippen molar-refractivity contribution in [2.75, 3.05) is 20.7 Å². The van der Waals surface area contributed by atoms with E-state index in [0.29, 0.717) is 6.61 Å². The van der Waals surface area contributed by atoms with Crippen molar-refractivity contribution in [2.45, 2.75) is 44.2 Å². The van der Waals surface area contributed by atoms with E-state index in [2.05, 4.69) is 13.8 Å². The van der Waals surface area contributed by atoms with E-state index in [1.807, 2.05) is 19.0 Å². The highest BCUT2D eigenvalue weighted by atomic mass is 16.5. The second kappa shape index (κ2) is 3.99. The van der Waals surface area contributed by atoms with Crippen molar-refractivity contribution >= 4 is 6.29 Å². The minimum Gasteiger partial charge on any atom is -0.375 e. The zero-order valence-corrected chi connectivity index (χ0v) is 9.67.